The summed E-state index contributed by atoms with van der Waals surface area (Å²) < 4.78 is 0. The van der Waals surface area contributed by atoms with Crippen molar-refractivity contribution in [2.75, 3.05) is 6.54 Å². The van der Waals surface area contributed by atoms with Crippen molar-refractivity contribution in [1.82, 2.24) is 10.9 Å². The van der Waals surface area contributed by atoms with Crippen molar-refractivity contribution in [3.05, 3.63) is 0 Å². The van der Waals surface area contributed by atoms with Crippen LogP contribution in [0.2, 0.25) is 0 Å². The summed E-state index contributed by atoms with van der Waals surface area (Å²) in [7, 11) is 0. The lowest BCUT2D eigenvalue weighted by atomic mass is 9.91. The highest BCUT2D eigenvalue weighted by molar-refractivity contribution is 7.80. The summed E-state index contributed by atoms with van der Waals surface area (Å²) in [6.07, 6.45) is 1.12. The van der Waals surface area contributed by atoms with Gasteiger partial charge in [0.15, 0.2) is 5.11 Å². The van der Waals surface area contributed by atoms with Gasteiger partial charge < -0.3 is 5.73 Å². The van der Waals surface area contributed by atoms with Gasteiger partial charge >= 0.3 is 0 Å². The number of thiocarbonyl (C=S) groups is 1. The fourth-order valence-electron chi connectivity index (χ4n) is 0.496. The number of nitrogens with two attached hydrogens (primary N) is 1. The largest absolute Gasteiger partial charge is 0.375 e. The molecule has 0 amide bonds. The van der Waals surface area contributed by atoms with Gasteiger partial charge in [-0.25, -0.2) is 5.43 Å². The van der Waals surface area contributed by atoms with Gasteiger partial charge in [-0.1, -0.05) is 20.8 Å². The monoisotopic (exact) mass is 175 g/mol. The summed E-state index contributed by atoms with van der Waals surface area (Å²) in [6.45, 7) is 7.38. The second-order valence-electron chi connectivity index (χ2n) is 3.36. The van der Waals surface area contributed by atoms with E-state index in [0.717, 1.165) is 13.0 Å². The fraction of sp³-hybridized carbons (Fsp3) is 0.857. The third-order valence-corrected chi connectivity index (χ3v) is 1.84. The summed E-state index contributed by atoms with van der Waals surface area (Å²) in [5, 5.41) is 0.289. The molecule has 0 aliphatic heterocycles. The fourth-order valence-corrected chi connectivity index (χ4v) is 0.568. The summed E-state index contributed by atoms with van der Waals surface area (Å²) in [5.41, 5.74) is 11.2. The zero-order valence-electron chi connectivity index (χ0n) is 7.40. The third kappa shape index (κ3) is 6.06. The summed E-state index contributed by atoms with van der Waals surface area (Å²) >= 11 is 4.62. The van der Waals surface area contributed by atoms with E-state index in [2.05, 4.69) is 43.8 Å². The van der Waals surface area contributed by atoms with E-state index in [1.165, 1.54) is 0 Å². The second-order valence-corrected chi connectivity index (χ2v) is 3.80. The molecule has 0 unspecified atom stereocenters. The van der Waals surface area contributed by atoms with Crippen LogP contribution >= 0.6 is 12.2 Å². The van der Waals surface area contributed by atoms with E-state index in [1.54, 1.807) is 0 Å². The van der Waals surface area contributed by atoms with Crippen LogP contribution in [0.25, 0.3) is 0 Å². The van der Waals surface area contributed by atoms with Crippen molar-refractivity contribution in [2.45, 2.75) is 27.2 Å². The first-order valence-electron chi connectivity index (χ1n) is 3.76. The van der Waals surface area contributed by atoms with Crippen LogP contribution < -0.4 is 16.6 Å². The molecule has 0 radical (unpaired) electrons. The Bertz CT molecular complexity index is 134. The van der Waals surface area contributed by atoms with Crippen molar-refractivity contribution >= 4 is 17.3 Å². The van der Waals surface area contributed by atoms with Gasteiger partial charge in [0, 0.05) is 6.54 Å². The highest BCUT2D eigenvalue weighted by Gasteiger charge is 2.13. The van der Waals surface area contributed by atoms with Crippen molar-refractivity contribution in [2.24, 2.45) is 11.1 Å². The van der Waals surface area contributed by atoms with E-state index < -0.39 is 0 Å². The topological polar surface area (TPSA) is 50.1 Å². The van der Waals surface area contributed by atoms with Crippen molar-refractivity contribution in [3.63, 3.8) is 0 Å². The van der Waals surface area contributed by atoms with E-state index >= 15 is 0 Å². The van der Waals surface area contributed by atoms with Gasteiger partial charge in [-0.3, -0.25) is 5.43 Å². The number of rotatable bonds is 4. The van der Waals surface area contributed by atoms with Crippen LogP contribution in [0.15, 0.2) is 0 Å². The maximum atomic E-state index is 5.22. The van der Waals surface area contributed by atoms with E-state index in [4.69, 9.17) is 5.73 Å². The van der Waals surface area contributed by atoms with Crippen LogP contribution in [0, 0.1) is 5.41 Å². The molecule has 0 aliphatic carbocycles. The number of hydrogen-bond acceptors (Lipinski definition) is 2. The lowest BCUT2D eigenvalue weighted by molar-refractivity contribution is 0.321. The van der Waals surface area contributed by atoms with Gasteiger partial charge in [-0.05, 0) is 24.1 Å². The highest BCUT2D eigenvalue weighted by Crippen LogP contribution is 2.16. The Kier molecular flexibility index (Phi) is 4.37. The van der Waals surface area contributed by atoms with Crippen LogP contribution in [0.5, 0.6) is 0 Å². The second kappa shape index (κ2) is 4.51. The molecule has 0 atom stereocenters. The molecule has 0 spiro atoms. The maximum Gasteiger partial charge on any atom is 0.178 e. The molecule has 0 aliphatic rings. The van der Waals surface area contributed by atoms with E-state index in [0.29, 0.717) is 0 Å². The lowest BCUT2D eigenvalue weighted by Gasteiger charge is -2.22. The quantitative estimate of drug-likeness (QED) is 0.436. The molecule has 0 bridgehead atoms. The molecule has 0 fully saturated rings. The molecule has 3 nitrogen and oxygen atoms in total. The first-order valence-corrected chi connectivity index (χ1v) is 4.17. The minimum absolute atomic E-state index is 0.289. The Hall–Kier alpha value is -0.350. The standard InChI is InChI=1S/C7H17N3S/c1-4-7(2,3)5-9-10-6(8)11/h9H,4-5H2,1-3H3,(H3,8,10,11). The average molecular weight is 175 g/mol. The van der Waals surface area contributed by atoms with Gasteiger partial charge in [-0.2, -0.15) is 0 Å². The maximum absolute atomic E-state index is 5.22. The molecule has 0 saturated heterocycles. The SMILES string of the molecule is CCC(C)(C)CNNC(N)=S. The number of hydrogen-bond donors (Lipinski definition) is 3. The predicted molar refractivity (Wildman–Crippen MR) is 52.0 cm³/mol. The first-order chi connectivity index (χ1) is 4.98. The third-order valence-electron chi connectivity index (χ3n) is 1.74. The average Bonchev–Trinajstić information content (AvgIpc) is 1.87. The molecule has 0 saturated carbocycles. The summed E-state index contributed by atoms with van der Waals surface area (Å²) in [4.78, 5) is 0. The Balaban J connectivity index is 3.45. The van der Waals surface area contributed by atoms with Crippen molar-refractivity contribution in [3.8, 4) is 0 Å². The number of hydrazine groups is 1. The lowest BCUT2D eigenvalue weighted by Crippen LogP contribution is -2.44. The Morgan fingerprint density at radius 3 is 2.45 bits per heavy atom. The van der Waals surface area contributed by atoms with Crippen molar-refractivity contribution in [1.29, 1.82) is 0 Å². The highest BCUT2D eigenvalue weighted by atomic mass is 32.1. The minimum Gasteiger partial charge on any atom is -0.375 e. The normalized spacial score (nSPS) is 11.2. The summed E-state index contributed by atoms with van der Waals surface area (Å²) in [5.74, 6) is 0. The molecule has 0 heterocycles. The molecular formula is C7H17N3S. The molecule has 0 rings (SSSR count). The van der Waals surface area contributed by atoms with E-state index in [1.807, 2.05) is 0 Å². The molecule has 0 aromatic heterocycles. The van der Waals surface area contributed by atoms with Crippen molar-refractivity contribution < 1.29 is 0 Å². The zero-order valence-corrected chi connectivity index (χ0v) is 8.22. The van der Waals surface area contributed by atoms with E-state index in [-0.39, 0.29) is 10.5 Å². The van der Waals surface area contributed by atoms with Gasteiger partial charge in [0.05, 0.1) is 0 Å². The summed E-state index contributed by atoms with van der Waals surface area (Å²) in [6, 6.07) is 0. The first kappa shape index (κ1) is 10.7. The molecule has 0 aromatic carbocycles. The van der Waals surface area contributed by atoms with Crippen LogP contribution in [-0.4, -0.2) is 11.7 Å². The molecular weight excluding hydrogens is 158 g/mol. The van der Waals surface area contributed by atoms with Gasteiger partial charge in [0.2, 0.25) is 0 Å². The molecule has 11 heavy (non-hydrogen) atoms. The van der Waals surface area contributed by atoms with Gasteiger partial charge in [0.25, 0.3) is 0 Å². The molecule has 4 heteroatoms. The molecule has 4 N–H and O–H groups in total. The van der Waals surface area contributed by atoms with E-state index in [9.17, 15) is 0 Å². The minimum atomic E-state index is 0.289. The Morgan fingerprint density at radius 2 is 2.09 bits per heavy atom. The van der Waals surface area contributed by atoms with Crippen LogP contribution in [0.1, 0.15) is 27.2 Å². The van der Waals surface area contributed by atoms with Gasteiger partial charge in [-0.15, -0.1) is 0 Å². The van der Waals surface area contributed by atoms with Crippen LogP contribution in [0.3, 0.4) is 0 Å². The van der Waals surface area contributed by atoms with Crippen LogP contribution in [0.4, 0.5) is 0 Å². The Labute approximate surface area is 73.7 Å². The number of nitrogens with one attached hydrogen (secondary N) is 2. The zero-order chi connectivity index (χ0) is 8.91. The Morgan fingerprint density at radius 1 is 1.55 bits per heavy atom. The smallest absolute Gasteiger partial charge is 0.178 e. The molecule has 0 aromatic rings. The molecule has 66 valence electrons. The predicted octanol–water partition coefficient (Wildman–Crippen LogP) is 0.760. The van der Waals surface area contributed by atoms with Crippen LogP contribution in [-0.2, 0) is 0 Å². The van der Waals surface area contributed by atoms with Gasteiger partial charge in [0.1, 0.15) is 0 Å².